The van der Waals surface area contributed by atoms with Gasteiger partial charge < -0.3 is 15.8 Å². The van der Waals surface area contributed by atoms with E-state index >= 15 is 0 Å². The molecule has 4 nitrogen and oxygen atoms in total. The van der Waals surface area contributed by atoms with E-state index in [9.17, 15) is 4.79 Å². The van der Waals surface area contributed by atoms with E-state index in [0.717, 1.165) is 0 Å². The highest BCUT2D eigenvalue weighted by Gasteiger charge is 2.07. The zero-order valence-electron chi connectivity index (χ0n) is 10.1. The Morgan fingerprint density at radius 1 is 1.50 bits per heavy atom. The van der Waals surface area contributed by atoms with Crippen LogP contribution in [0.5, 0.6) is 5.75 Å². The van der Waals surface area contributed by atoms with E-state index in [0.29, 0.717) is 28.9 Å². The van der Waals surface area contributed by atoms with Crippen LogP contribution in [0.4, 0.5) is 0 Å². The molecule has 0 spiro atoms. The van der Waals surface area contributed by atoms with Gasteiger partial charge in [0.15, 0.2) is 6.61 Å². The zero-order chi connectivity index (χ0) is 13.5. The number of benzene rings is 1. The number of nitrogens with one attached hydrogen (secondary N) is 1. The van der Waals surface area contributed by atoms with E-state index < -0.39 is 0 Å². The summed E-state index contributed by atoms with van der Waals surface area (Å²) in [7, 11) is 0. The molecule has 1 amide bonds. The second-order valence-corrected chi connectivity index (χ2v) is 4.85. The third-order valence-electron chi connectivity index (χ3n) is 2.30. The van der Waals surface area contributed by atoms with E-state index in [4.69, 9.17) is 33.7 Å². The predicted octanol–water partition coefficient (Wildman–Crippen LogP) is 2.08. The van der Waals surface area contributed by atoms with Gasteiger partial charge in [0.1, 0.15) is 5.75 Å². The molecular formula is C12H16Cl2N2O2. The van der Waals surface area contributed by atoms with Gasteiger partial charge in [-0.3, -0.25) is 4.79 Å². The molecule has 1 aromatic rings. The molecule has 3 N–H and O–H groups in total. The summed E-state index contributed by atoms with van der Waals surface area (Å²) < 4.78 is 5.29. The molecule has 0 saturated heterocycles. The standard InChI is InChI=1S/C12H16Cl2N2O2/c1-8(5-15)6-16-12(17)7-18-11-4-9(13)2-3-10(11)14/h2-4,8H,5-7,15H2,1H3,(H,16,17). The number of hydrogen-bond donors (Lipinski definition) is 2. The Hall–Kier alpha value is -0.970. The van der Waals surface area contributed by atoms with Crippen molar-refractivity contribution >= 4 is 29.1 Å². The first kappa shape index (κ1) is 15.1. The van der Waals surface area contributed by atoms with Crippen molar-refractivity contribution in [2.75, 3.05) is 19.7 Å². The highest BCUT2D eigenvalue weighted by atomic mass is 35.5. The molecule has 1 unspecified atom stereocenters. The largest absolute Gasteiger partial charge is 0.482 e. The Morgan fingerprint density at radius 3 is 2.89 bits per heavy atom. The summed E-state index contributed by atoms with van der Waals surface area (Å²) in [6.07, 6.45) is 0. The number of amides is 1. The lowest BCUT2D eigenvalue weighted by Gasteiger charge is -2.11. The lowest BCUT2D eigenvalue weighted by molar-refractivity contribution is -0.123. The Kier molecular flexibility index (Phi) is 6.25. The van der Waals surface area contributed by atoms with Crippen molar-refractivity contribution in [1.82, 2.24) is 5.32 Å². The molecular weight excluding hydrogens is 275 g/mol. The number of carbonyl (C=O) groups excluding carboxylic acids is 1. The van der Waals surface area contributed by atoms with Crippen LogP contribution in [0.15, 0.2) is 18.2 Å². The monoisotopic (exact) mass is 290 g/mol. The van der Waals surface area contributed by atoms with Crippen LogP contribution >= 0.6 is 23.2 Å². The smallest absolute Gasteiger partial charge is 0.257 e. The fourth-order valence-electron chi connectivity index (χ4n) is 1.15. The van der Waals surface area contributed by atoms with Crippen LogP contribution in [0.2, 0.25) is 10.0 Å². The lowest BCUT2D eigenvalue weighted by Crippen LogP contribution is -2.34. The van der Waals surface area contributed by atoms with E-state index in [-0.39, 0.29) is 18.4 Å². The highest BCUT2D eigenvalue weighted by Crippen LogP contribution is 2.27. The number of carbonyl (C=O) groups is 1. The molecule has 0 fully saturated rings. The van der Waals surface area contributed by atoms with Crippen LogP contribution in [0.3, 0.4) is 0 Å². The molecule has 0 aliphatic carbocycles. The average molecular weight is 291 g/mol. The molecule has 0 bridgehead atoms. The van der Waals surface area contributed by atoms with E-state index in [1.807, 2.05) is 6.92 Å². The molecule has 0 radical (unpaired) electrons. The lowest BCUT2D eigenvalue weighted by atomic mass is 10.2. The molecule has 1 rings (SSSR count). The molecule has 6 heteroatoms. The summed E-state index contributed by atoms with van der Waals surface area (Å²) in [6.45, 7) is 2.91. The molecule has 1 aromatic carbocycles. The molecule has 0 aromatic heterocycles. The summed E-state index contributed by atoms with van der Waals surface area (Å²) in [5.74, 6) is 0.418. The minimum Gasteiger partial charge on any atom is -0.482 e. The molecule has 1 atom stereocenters. The highest BCUT2D eigenvalue weighted by molar-refractivity contribution is 6.34. The van der Waals surface area contributed by atoms with Gasteiger partial charge in [0.2, 0.25) is 0 Å². The summed E-state index contributed by atoms with van der Waals surface area (Å²) >= 11 is 11.7. The van der Waals surface area contributed by atoms with Crippen LogP contribution in [0, 0.1) is 5.92 Å². The Balaban J connectivity index is 2.40. The third kappa shape index (κ3) is 5.12. The molecule has 0 saturated carbocycles. The van der Waals surface area contributed by atoms with E-state index in [1.165, 1.54) is 0 Å². The summed E-state index contributed by atoms with van der Waals surface area (Å²) in [6, 6.07) is 4.84. The predicted molar refractivity (Wildman–Crippen MR) is 73.2 cm³/mol. The van der Waals surface area contributed by atoms with Gasteiger partial charge in [0.25, 0.3) is 5.91 Å². The summed E-state index contributed by atoms with van der Waals surface area (Å²) in [5, 5.41) is 3.64. The maximum absolute atomic E-state index is 11.5. The van der Waals surface area contributed by atoms with Crippen molar-refractivity contribution < 1.29 is 9.53 Å². The van der Waals surface area contributed by atoms with Crippen LogP contribution in [0.25, 0.3) is 0 Å². The van der Waals surface area contributed by atoms with Crippen molar-refractivity contribution in [2.24, 2.45) is 11.7 Å². The first-order chi connectivity index (χ1) is 8.52. The Bertz CT molecular complexity index is 413. The summed E-state index contributed by atoms with van der Waals surface area (Å²) in [4.78, 5) is 11.5. The van der Waals surface area contributed by atoms with E-state index in [2.05, 4.69) is 5.32 Å². The Labute approximate surface area is 116 Å². The second-order valence-electron chi connectivity index (χ2n) is 4.01. The van der Waals surface area contributed by atoms with Gasteiger partial charge in [-0.05, 0) is 24.6 Å². The third-order valence-corrected chi connectivity index (χ3v) is 2.85. The topological polar surface area (TPSA) is 64.3 Å². The molecule has 100 valence electrons. The fourth-order valence-corrected chi connectivity index (χ4v) is 1.49. The average Bonchev–Trinajstić information content (AvgIpc) is 2.36. The van der Waals surface area contributed by atoms with E-state index in [1.54, 1.807) is 18.2 Å². The van der Waals surface area contributed by atoms with Crippen molar-refractivity contribution in [3.05, 3.63) is 28.2 Å². The molecule has 0 aliphatic heterocycles. The number of nitrogens with two attached hydrogens (primary N) is 1. The first-order valence-electron chi connectivity index (χ1n) is 5.57. The van der Waals surface area contributed by atoms with Crippen LogP contribution in [-0.4, -0.2) is 25.6 Å². The minimum atomic E-state index is -0.216. The molecule has 0 aliphatic rings. The quantitative estimate of drug-likeness (QED) is 0.843. The van der Waals surface area contributed by atoms with Gasteiger partial charge in [-0.1, -0.05) is 30.1 Å². The van der Waals surface area contributed by atoms with Gasteiger partial charge in [-0.15, -0.1) is 0 Å². The van der Waals surface area contributed by atoms with Crippen molar-refractivity contribution in [3.8, 4) is 5.75 Å². The molecule has 0 heterocycles. The second kappa shape index (κ2) is 7.46. The number of rotatable bonds is 6. The van der Waals surface area contributed by atoms with Crippen molar-refractivity contribution in [1.29, 1.82) is 0 Å². The maximum Gasteiger partial charge on any atom is 0.257 e. The normalized spacial score (nSPS) is 12.0. The molecule has 18 heavy (non-hydrogen) atoms. The van der Waals surface area contributed by atoms with Crippen molar-refractivity contribution in [2.45, 2.75) is 6.92 Å². The van der Waals surface area contributed by atoms with Crippen molar-refractivity contribution in [3.63, 3.8) is 0 Å². The first-order valence-corrected chi connectivity index (χ1v) is 6.33. The zero-order valence-corrected chi connectivity index (χ0v) is 11.6. The SMILES string of the molecule is CC(CN)CNC(=O)COc1cc(Cl)ccc1Cl. The van der Waals surface area contributed by atoms with Crippen LogP contribution in [-0.2, 0) is 4.79 Å². The maximum atomic E-state index is 11.5. The fraction of sp³-hybridized carbons (Fsp3) is 0.417. The number of hydrogen-bond acceptors (Lipinski definition) is 3. The van der Waals surface area contributed by atoms with Gasteiger partial charge in [0.05, 0.1) is 5.02 Å². The number of halogens is 2. The van der Waals surface area contributed by atoms with Gasteiger partial charge in [-0.25, -0.2) is 0 Å². The van der Waals surface area contributed by atoms with Gasteiger partial charge in [0, 0.05) is 17.6 Å². The summed E-state index contributed by atoms with van der Waals surface area (Å²) in [5.41, 5.74) is 5.45. The van der Waals surface area contributed by atoms with Crippen LogP contribution in [0.1, 0.15) is 6.92 Å². The minimum absolute atomic E-state index is 0.0998. The number of ether oxygens (including phenoxy) is 1. The Morgan fingerprint density at radius 2 is 2.22 bits per heavy atom. The van der Waals surface area contributed by atoms with Gasteiger partial charge in [-0.2, -0.15) is 0 Å². The van der Waals surface area contributed by atoms with Crippen LogP contribution < -0.4 is 15.8 Å². The van der Waals surface area contributed by atoms with Gasteiger partial charge >= 0.3 is 0 Å².